The molecule has 0 fully saturated rings. The van der Waals surface area contributed by atoms with E-state index in [-0.39, 0.29) is 11.6 Å². The largest absolute Gasteiger partial charge is 0.295 e. The second kappa shape index (κ2) is 6.94. The fraction of sp³-hybridized carbons (Fsp3) is 0.167. The number of hydrazine groups is 1. The molecule has 2 aromatic carbocycles. The van der Waals surface area contributed by atoms with Crippen molar-refractivity contribution >= 4 is 28.9 Å². The Morgan fingerprint density at radius 1 is 1.28 bits per heavy atom. The van der Waals surface area contributed by atoms with Gasteiger partial charge in [-0.15, -0.1) is 0 Å². The minimum absolute atomic E-state index is 0.00487. The van der Waals surface area contributed by atoms with Gasteiger partial charge in [-0.1, -0.05) is 42.8 Å². The Bertz CT molecular complexity index is 849. The monoisotopic (exact) mass is 357 g/mol. The summed E-state index contributed by atoms with van der Waals surface area (Å²) in [4.78, 5) is 22.9. The molecule has 1 amide bonds. The van der Waals surface area contributed by atoms with E-state index in [1.54, 1.807) is 31.2 Å². The van der Waals surface area contributed by atoms with Gasteiger partial charge in [-0.05, 0) is 29.3 Å². The van der Waals surface area contributed by atoms with E-state index in [0.717, 1.165) is 11.3 Å². The molecule has 7 heteroatoms. The molecule has 0 aromatic heterocycles. The third-order valence-corrected chi connectivity index (χ3v) is 4.24. The number of nitro benzene ring substituents is 1. The van der Waals surface area contributed by atoms with Crippen LogP contribution in [0.25, 0.3) is 5.70 Å². The molecule has 1 N–H and O–H groups in total. The lowest BCUT2D eigenvalue weighted by Gasteiger charge is -2.25. The minimum atomic E-state index is -0.443. The highest BCUT2D eigenvalue weighted by atomic mass is 35.5. The number of nitrogens with one attached hydrogen (secondary N) is 1. The van der Waals surface area contributed by atoms with Crippen LogP contribution >= 0.6 is 11.6 Å². The van der Waals surface area contributed by atoms with E-state index in [1.807, 2.05) is 18.2 Å². The fourth-order valence-electron chi connectivity index (χ4n) is 2.71. The molecule has 0 radical (unpaired) electrons. The van der Waals surface area contributed by atoms with Crippen LogP contribution in [-0.4, -0.2) is 15.8 Å². The lowest BCUT2D eigenvalue weighted by Crippen LogP contribution is -2.39. The SMILES string of the molecule is CCC(=O)N1NC(c2ccc(Cl)cc2)=C[C@@H]1c1cccc([N+](=O)[O-])c1. The topological polar surface area (TPSA) is 75.5 Å². The summed E-state index contributed by atoms with van der Waals surface area (Å²) in [5, 5.41) is 13.2. The Labute approximate surface area is 149 Å². The number of carbonyl (C=O) groups is 1. The van der Waals surface area contributed by atoms with Crippen molar-refractivity contribution in [1.82, 2.24) is 10.4 Å². The van der Waals surface area contributed by atoms with Gasteiger partial charge in [0.05, 0.1) is 16.7 Å². The van der Waals surface area contributed by atoms with Gasteiger partial charge in [-0.25, -0.2) is 5.01 Å². The maximum absolute atomic E-state index is 12.3. The Balaban J connectivity index is 2.00. The van der Waals surface area contributed by atoms with Gasteiger partial charge in [-0.3, -0.25) is 20.3 Å². The van der Waals surface area contributed by atoms with E-state index in [0.29, 0.717) is 17.0 Å². The molecule has 25 heavy (non-hydrogen) atoms. The Morgan fingerprint density at radius 3 is 2.64 bits per heavy atom. The van der Waals surface area contributed by atoms with Crippen molar-refractivity contribution < 1.29 is 9.72 Å². The third-order valence-electron chi connectivity index (χ3n) is 3.99. The Hall–Kier alpha value is -2.86. The highest BCUT2D eigenvalue weighted by molar-refractivity contribution is 6.30. The van der Waals surface area contributed by atoms with Crippen molar-refractivity contribution in [1.29, 1.82) is 0 Å². The molecule has 2 aromatic rings. The predicted molar refractivity (Wildman–Crippen MR) is 95.5 cm³/mol. The molecule has 6 nitrogen and oxygen atoms in total. The van der Waals surface area contributed by atoms with Gasteiger partial charge in [0.1, 0.15) is 0 Å². The van der Waals surface area contributed by atoms with E-state index < -0.39 is 11.0 Å². The summed E-state index contributed by atoms with van der Waals surface area (Å²) in [5.74, 6) is -0.100. The van der Waals surface area contributed by atoms with Gasteiger partial charge in [-0.2, -0.15) is 0 Å². The highest BCUT2D eigenvalue weighted by Crippen LogP contribution is 2.33. The summed E-state index contributed by atoms with van der Waals surface area (Å²) in [5.41, 5.74) is 5.42. The number of nitro groups is 1. The maximum Gasteiger partial charge on any atom is 0.269 e. The van der Waals surface area contributed by atoms with Crippen LogP contribution in [0.1, 0.15) is 30.5 Å². The molecule has 128 valence electrons. The average molecular weight is 358 g/mol. The molecule has 1 aliphatic rings. The minimum Gasteiger partial charge on any atom is -0.295 e. The van der Waals surface area contributed by atoms with E-state index in [4.69, 9.17) is 11.6 Å². The summed E-state index contributed by atoms with van der Waals surface area (Å²) in [6.07, 6.45) is 2.20. The van der Waals surface area contributed by atoms with Crippen molar-refractivity contribution in [3.63, 3.8) is 0 Å². The second-order valence-corrected chi connectivity index (χ2v) is 6.05. The zero-order valence-electron chi connectivity index (χ0n) is 13.5. The number of halogens is 1. The molecule has 0 spiro atoms. The normalized spacial score (nSPS) is 16.3. The van der Waals surface area contributed by atoms with Crippen LogP contribution in [0.15, 0.2) is 54.6 Å². The number of rotatable bonds is 4. The van der Waals surface area contributed by atoms with Crippen LogP contribution in [0.5, 0.6) is 0 Å². The first kappa shape index (κ1) is 17.0. The molecule has 0 saturated heterocycles. The van der Waals surface area contributed by atoms with Crippen molar-refractivity contribution in [3.05, 3.63) is 80.9 Å². The van der Waals surface area contributed by atoms with Gasteiger partial charge in [0.2, 0.25) is 5.91 Å². The zero-order valence-corrected chi connectivity index (χ0v) is 14.2. The Kier molecular flexibility index (Phi) is 4.72. The summed E-state index contributed by atoms with van der Waals surface area (Å²) >= 11 is 5.92. The molecule has 3 rings (SSSR count). The van der Waals surface area contributed by atoms with Crippen LogP contribution in [0, 0.1) is 10.1 Å². The number of non-ortho nitro benzene ring substituents is 1. The Morgan fingerprint density at radius 2 is 2.00 bits per heavy atom. The molecular formula is C18H16ClN3O3. The first-order valence-electron chi connectivity index (χ1n) is 7.80. The van der Waals surface area contributed by atoms with Crippen LogP contribution in [0.3, 0.4) is 0 Å². The quantitative estimate of drug-likeness (QED) is 0.660. The van der Waals surface area contributed by atoms with Crippen molar-refractivity contribution in [2.24, 2.45) is 0 Å². The van der Waals surface area contributed by atoms with E-state index in [2.05, 4.69) is 5.43 Å². The molecule has 0 saturated carbocycles. The molecule has 0 unspecified atom stereocenters. The van der Waals surface area contributed by atoms with Crippen molar-refractivity contribution in [3.8, 4) is 0 Å². The van der Waals surface area contributed by atoms with Crippen molar-refractivity contribution in [2.45, 2.75) is 19.4 Å². The van der Waals surface area contributed by atoms with Gasteiger partial charge >= 0.3 is 0 Å². The second-order valence-electron chi connectivity index (χ2n) is 5.61. The molecule has 1 heterocycles. The smallest absolute Gasteiger partial charge is 0.269 e. The number of hydrogen-bond acceptors (Lipinski definition) is 4. The van der Waals surface area contributed by atoms with Gasteiger partial charge in [0.15, 0.2) is 0 Å². The lowest BCUT2D eigenvalue weighted by molar-refractivity contribution is -0.384. The summed E-state index contributed by atoms with van der Waals surface area (Å²) in [6.45, 7) is 1.77. The number of nitrogens with zero attached hydrogens (tertiary/aromatic N) is 2. The molecule has 0 aliphatic carbocycles. The molecule has 1 aliphatic heterocycles. The van der Waals surface area contributed by atoms with Crippen LogP contribution in [0.4, 0.5) is 5.69 Å². The number of benzene rings is 2. The van der Waals surface area contributed by atoms with E-state index in [9.17, 15) is 14.9 Å². The summed E-state index contributed by atoms with van der Waals surface area (Å²) in [6, 6.07) is 13.1. The van der Waals surface area contributed by atoms with Gasteiger partial charge in [0, 0.05) is 23.6 Å². The molecule has 0 bridgehead atoms. The van der Waals surface area contributed by atoms with E-state index in [1.165, 1.54) is 17.1 Å². The average Bonchev–Trinajstić information content (AvgIpc) is 3.07. The first-order valence-corrected chi connectivity index (χ1v) is 8.18. The van der Waals surface area contributed by atoms with Gasteiger partial charge in [0.25, 0.3) is 5.69 Å². The number of amides is 1. The molecule has 1 atom stereocenters. The molecular weight excluding hydrogens is 342 g/mol. The van der Waals surface area contributed by atoms with E-state index >= 15 is 0 Å². The lowest BCUT2D eigenvalue weighted by atomic mass is 10.0. The van der Waals surface area contributed by atoms with Crippen LogP contribution in [-0.2, 0) is 4.79 Å². The summed E-state index contributed by atoms with van der Waals surface area (Å²) in [7, 11) is 0. The maximum atomic E-state index is 12.3. The van der Waals surface area contributed by atoms with Crippen LogP contribution < -0.4 is 5.43 Å². The van der Waals surface area contributed by atoms with Gasteiger partial charge < -0.3 is 0 Å². The number of hydrogen-bond donors (Lipinski definition) is 1. The van der Waals surface area contributed by atoms with Crippen molar-refractivity contribution in [2.75, 3.05) is 0 Å². The zero-order chi connectivity index (χ0) is 18.0. The third kappa shape index (κ3) is 3.49. The highest BCUT2D eigenvalue weighted by Gasteiger charge is 2.30. The number of carbonyl (C=O) groups excluding carboxylic acids is 1. The predicted octanol–water partition coefficient (Wildman–Crippen LogP) is 4.09. The first-order chi connectivity index (χ1) is 12.0. The van der Waals surface area contributed by atoms with Crippen LogP contribution in [0.2, 0.25) is 5.02 Å². The summed E-state index contributed by atoms with van der Waals surface area (Å²) < 4.78 is 0. The standard InChI is InChI=1S/C18H16ClN3O3/c1-2-18(23)21-17(13-4-3-5-15(10-13)22(24)25)11-16(20-21)12-6-8-14(19)9-7-12/h3-11,17,20H,2H2,1H3/t17-/m1/s1. The fourth-order valence-corrected chi connectivity index (χ4v) is 2.84.